The molecular weight excluding hydrogens is 291 g/mol. The van der Waals surface area contributed by atoms with Crippen molar-refractivity contribution >= 4 is 16.9 Å². The van der Waals surface area contributed by atoms with E-state index in [0.29, 0.717) is 5.52 Å². The van der Waals surface area contributed by atoms with Gasteiger partial charge in [-0.25, -0.2) is 13.9 Å². The molecule has 1 aromatic heterocycles. The predicted octanol–water partition coefficient (Wildman–Crippen LogP) is 1.72. The van der Waals surface area contributed by atoms with Gasteiger partial charge in [-0.2, -0.15) is 0 Å². The van der Waals surface area contributed by atoms with Gasteiger partial charge in [0.2, 0.25) is 11.7 Å². The smallest absolute Gasteiger partial charge is 0.265 e. The van der Waals surface area contributed by atoms with Crippen molar-refractivity contribution in [1.29, 1.82) is 0 Å². The summed E-state index contributed by atoms with van der Waals surface area (Å²) in [5.41, 5.74) is 5.23. The highest BCUT2D eigenvalue weighted by molar-refractivity contribution is 5.78. The summed E-state index contributed by atoms with van der Waals surface area (Å²) in [7, 11) is 0. The highest BCUT2D eigenvalue weighted by Crippen LogP contribution is 2.31. The molecule has 0 fully saturated rings. The summed E-state index contributed by atoms with van der Waals surface area (Å²) >= 11 is 0. The van der Waals surface area contributed by atoms with Crippen LogP contribution in [0.1, 0.15) is 6.42 Å². The summed E-state index contributed by atoms with van der Waals surface area (Å²) < 4.78 is 15.8. The molecular formula is C14H11FN4O3. The number of nitrogens with zero attached hydrogens (tertiary/aromatic N) is 3. The van der Waals surface area contributed by atoms with Crippen LogP contribution in [-0.4, -0.2) is 14.5 Å². The molecule has 7 nitrogen and oxygen atoms in total. The third-order valence-electron chi connectivity index (χ3n) is 3.49. The number of benzene rings is 1. The molecule has 0 saturated heterocycles. The first-order valence-corrected chi connectivity index (χ1v) is 6.43. The van der Waals surface area contributed by atoms with E-state index in [1.54, 1.807) is 18.2 Å². The number of nitro groups is 1. The van der Waals surface area contributed by atoms with Gasteiger partial charge < -0.3 is 5.73 Å². The fourth-order valence-corrected chi connectivity index (χ4v) is 2.41. The number of nitrogen functional groups attached to an aromatic ring is 1. The van der Waals surface area contributed by atoms with Gasteiger partial charge in [-0.3, -0.25) is 14.9 Å². The molecule has 1 heterocycles. The van der Waals surface area contributed by atoms with Crippen LogP contribution in [0.15, 0.2) is 53.0 Å². The molecule has 2 aromatic rings. The molecule has 3 rings (SSSR count). The minimum absolute atomic E-state index is 0.228. The predicted molar refractivity (Wildman–Crippen MR) is 78.3 cm³/mol. The summed E-state index contributed by atoms with van der Waals surface area (Å²) in [4.78, 5) is 26.6. The van der Waals surface area contributed by atoms with E-state index in [9.17, 15) is 14.9 Å². The van der Waals surface area contributed by atoms with Crippen LogP contribution in [-0.2, 0) is 5.79 Å². The van der Waals surface area contributed by atoms with Gasteiger partial charge in [0.1, 0.15) is 0 Å². The van der Waals surface area contributed by atoms with Crippen LogP contribution in [0, 0.1) is 10.1 Å². The van der Waals surface area contributed by atoms with Gasteiger partial charge in [-0.1, -0.05) is 12.1 Å². The summed E-state index contributed by atoms with van der Waals surface area (Å²) in [6.07, 6.45) is 2.72. The number of fused-ring (bicyclic) bond motifs is 1. The number of nitrogens with two attached hydrogens (primary N) is 1. The van der Waals surface area contributed by atoms with Crippen molar-refractivity contribution in [3.05, 3.63) is 68.7 Å². The molecule has 22 heavy (non-hydrogen) atoms. The zero-order valence-electron chi connectivity index (χ0n) is 11.3. The summed E-state index contributed by atoms with van der Waals surface area (Å²) in [5, 5.41) is 10.9. The second-order valence-electron chi connectivity index (χ2n) is 4.87. The number of alkyl halides is 1. The van der Waals surface area contributed by atoms with Crippen LogP contribution < -0.4 is 11.3 Å². The highest BCUT2D eigenvalue weighted by atomic mass is 19.1. The Hall–Kier alpha value is -3.03. The lowest BCUT2D eigenvalue weighted by Gasteiger charge is -2.26. The van der Waals surface area contributed by atoms with Crippen molar-refractivity contribution in [2.75, 3.05) is 5.73 Å². The first kappa shape index (κ1) is 13.9. The molecule has 1 unspecified atom stereocenters. The number of allylic oxidation sites excluding steroid dienone is 3. The maximum atomic E-state index is 15.1. The van der Waals surface area contributed by atoms with Gasteiger partial charge in [-0.15, -0.1) is 0 Å². The van der Waals surface area contributed by atoms with E-state index < -0.39 is 16.3 Å². The normalized spacial score (nSPS) is 20.9. The third-order valence-corrected chi connectivity index (χ3v) is 3.49. The van der Waals surface area contributed by atoms with E-state index in [2.05, 4.69) is 4.98 Å². The van der Waals surface area contributed by atoms with Crippen LogP contribution in [0.3, 0.4) is 0 Å². The lowest BCUT2D eigenvalue weighted by molar-refractivity contribution is -0.419. The largest absolute Gasteiger partial charge is 0.369 e. The second kappa shape index (κ2) is 4.76. The molecule has 0 spiro atoms. The van der Waals surface area contributed by atoms with Gasteiger partial charge in [0.05, 0.1) is 15.8 Å². The standard InChI is InChI=1S/C14H11FN4O3/c15-14(7-5-9(6-8-14)19(21)22)18-12(20)10-3-1-2-4-11(10)17-13(18)16/h1-7H,8H2,(H2,16,17). The monoisotopic (exact) mass is 302 g/mol. The maximum Gasteiger partial charge on any atom is 0.265 e. The Morgan fingerprint density at radius 2 is 2.14 bits per heavy atom. The topological polar surface area (TPSA) is 104 Å². The lowest BCUT2D eigenvalue weighted by Crippen LogP contribution is -2.39. The zero-order valence-corrected chi connectivity index (χ0v) is 11.3. The quantitative estimate of drug-likeness (QED) is 0.672. The number of anilines is 1. The number of aromatic nitrogens is 2. The number of halogens is 1. The Labute approximate surface area is 123 Å². The molecule has 0 bridgehead atoms. The molecule has 0 amide bonds. The average molecular weight is 302 g/mol. The molecule has 2 N–H and O–H groups in total. The lowest BCUT2D eigenvalue weighted by atomic mass is 10.0. The van der Waals surface area contributed by atoms with Crippen molar-refractivity contribution in [3.63, 3.8) is 0 Å². The summed E-state index contributed by atoms with van der Waals surface area (Å²) in [5.74, 6) is -2.56. The van der Waals surface area contributed by atoms with Gasteiger partial charge in [-0.05, 0) is 24.3 Å². The third kappa shape index (κ3) is 2.05. The number of hydrogen-bond donors (Lipinski definition) is 1. The van der Waals surface area contributed by atoms with E-state index in [1.807, 2.05) is 0 Å². The van der Waals surface area contributed by atoms with Crippen LogP contribution in [0.5, 0.6) is 0 Å². The summed E-state index contributed by atoms with van der Waals surface area (Å²) in [6, 6.07) is 6.45. The Morgan fingerprint density at radius 3 is 2.77 bits per heavy atom. The minimum Gasteiger partial charge on any atom is -0.369 e. The van der Waals surface area contributed by atoms with Crippen LogP contribution in [0.25, 0.3) is 10.9 Å². The molecule has 1 aliphatic rings. The molecule has 1 aromatic carbocycles. The van der Waals surface area contributed by atoms with Crippen molar-refractivity contribution < 1.29 is 9.31 Å². The van der Waals surface area contributed by atoms with Crippen LogP contribution in [0.4, 0.5) is 10.3 Å². The van der Waals surface area contributed by atoms with Gasteiger partial charge in [0.25, 0.3) is 11.3 Å². The van der Waals surface area contributed by atoms with Crippen molar-refractivity contribution in [2.45, 2.75) is 12.2 Å². The van der Waals surface area contributed by atoms with Gasteiger partial charge in [0, 0.05) is 12.5 Å². The number of rotatable bonds is 2. The fraction of sp³-hybridized carbons (Fsp3) is 0.143. The first-order chi connectivity index (χ1) is 10.4. The number of para-hydroxylation sites is 1. The van der Waals surface area contributed by atoms with E-state index in [-0.39, 0.29) is 23.5 Å². The van der Waals surface area contributed by atoms with Gasteiger partial charge >= 0.3 is 0 Å². The Balaban J connectivity index is 2.18. The minimum atomic E-state index is -2.28. The average Bonchev–Trinajstić information content (AvgIpc) is 2.47. The fourth-order valence-electron chi connectivity index (χ4n) is 2.41. The second-order valence-corrected chi connectivity index (χ2v) is 4.87. The molecule has 112 valence electrons. The van der Waals surface area contributed by atoms with Crippen LogP contribution >= 0.6 is 0 Å². The molecule has 0 saturated carbocycles. The molecule has 0 radical (unpaired) electrons. The van der Waals surface area contributed by atoms with E-state index >= 15 is 4.39 Å². The molecule has 1 atom stereocenters. The van der Waals surface area contributed by atoms with Crippen molar-refractivity contribution in [1.82, 2.24) is 9.55 Å². The number of hydrogen-bond acceptors (Lipinski definition) is 5. The Bertz CT molecular complexity index is 903. The van der Waals surface area contributed by atoms with E-state index in [4.69, 9.17) is 5.73 Å². The summed E-state index contributed by atoms with van der Waals surface area (Å²) in [6.45, 7) is 0. The van der Waals surface area contributed by atoms with Crippen LogP contribution in [0.2, 0.25) is 0 Å². The highest BCUT2D eigenvalue weighted by Gasteiger charge is 2.35. The zero-order chi connectivity index (χ0) is 15.9. The molecule has 1 aliphatic carbocycles. The van der Waals surface area contributed by atoms with E-state index in [1.165, 1.54) is 6.07 Å². The van der Waals surface area contributed by atoms with Gasteiger partial charge in [0.15, 0.2) is 0 Å². The molecule has 8 heteroatoms. The van der Waals surface area contributed by atoms with E-state index in [0.717, 1.165) is 22.8 Å². The Morgan fingerprint density at radius 1 is 1.41 bits per heavy atom. The SMILES string of the molecule is Nc1nc2ccccc2c(=O)n1C1(F)C=CC([N+](=O)[O-])=CC1. The first-order valence-electron chi connectivity index (χ1n) is 6.43. The molecule has 0 aliphatic heterocycles. The van der Waals surface area contributed by atoms with Crippen molar-refractivity contribution in [2.24, 2.45) is 0 Å². The maximum absolute atomic E-state index is 15.1. The van der Waals surface area contributed by atoms with Crippen molar-refractivity contribution in [3.8, 4) is 0 Å². The Kier molecular flexibility index (Phi) is 3.01.